The SMILES string of the molecule is COc1cc(C=C(C#N)C(=O)c2cccc([N+](=O)[O-])c2)cc(I)c1O. The van der Waals surface area contributed by atoms with Crippen LogP contribution in [0, 0.1) is 25.0 Å². The van der Waals surface area contributed by atoms with Gasteiger partial charge in [-0.3, -0.25) is 14.9 Å². The van der Waals surface area contributed by atoms with E-state index in [-0.39, 0.29) is 28.3 Å². The molecule has 0 saturated carbocycles. The van der Waals surface area contributed by atoms with Crippen molar-refractivity contribution in [3.05, 3.63) is 66.8 Å². The van der Waals surface area contributed by atoms with Crippen molar-refractivity contribution in [2.75, 3.05) is 7.11 Å². The molecule has 8 heteroatoms. The molecule has 2 aromatic rings. The molecule has 0 bridgehead atoms. The summed E-state index contributed by atoms with van der Waals surface area (Å²) in [5, 5.41) is 29.9. The van der Waals surface area contributed by atoms with Crippen LogP contribution in [0.3, 0.4) is 0 Å². The van der Waals surface area contributed by atoms with Gasteiger partial charge in [-0.15, -0.1) is 0 Å². The maximum atomic E-state index is 12.5. The highest BCUT2D eigenvalue weighted by Gasteiger charge is 2.16. The number of nitrogens with zero attached hydrogens (tertiary/aromatic N) is 2. The monoisotopic (exact) mass is 450 g/mol. The van der Waals surface area contributed by atoms with Gasteiger partial charge in [0.2, 0.25) is 5.78 Å². The molecule has 0 aliphatic heterocycles. The van der Waals surface area contributed by atoms with Crippen molar-refractivity contribution in [3.63, 3.8) is 0 Å². The lowest BCUT2D eigenvalue weighted by Gasteiger charge is -2.07. The smallest absolute Gasteiger partial charge is 0.270 e. The highest BCUT2D eigenvalue weighted by molar-refractivity contribution is 14.1. The summed E-state index contributed by atoms with van der Waals surface area (Å²) in [6.07, 6.45) is 1.34. The fourth-order valence-corrected chi connectivity index (χ4v) is 2.69. The lowest BCUT2D eigenvalue weighted by Crippen LogP contribution is -2.03. The first-order valence-corrected chi connectivity index (χ1v) is 7.92. The summed E-state index contributed by atoms with van der Waals surface area (Å²) in [6.45, 7) is 0. The summed E-state index contributed by atoms with van der Waals surface area (Å²) in [7, 11) is 1.39. The van der Waals surface area contributed by atoms with Crippen LogP contribution in [-0.2, 0) is 0 Å². The number of Topliss-reactive ketones (excluding diaryl/α,β-unsaturated/α-hetero) is 1. The molecule has 25 heavy (non-hydrogen) atoms. The molecular formula is C17H11IN2O5. The fourth-order valence-electron chi connectivity index (χ4n) is 2.06. The summed E-state index contributed by atoms with van der Waals surface area (Å²) < 4.78 is 5.53. The molecule has 2 aromatic carbocycles. The Morgan fingerprint density at radius 3 is 2.72 bits per heavy atom. The molecule has 2 rings (SSSR count). The average Bonchev–Trinajstić information content (AvgIpc) is 2.61. The van der Waals surface area contributed by atoms with E-state index in [1.54, 1.807) is 12.1 Å². The second-order valence-electron chi connectivity index (χ2n) is 4.86. The van der Waals surface area contributed by atoms with Crippen molar-refractivity contribution >= 4 is 40.1 Å². The van der Waals surface area contributed by atoms with E-state index in [1.165, 1.54) is 37.5 Å². The zero-order chi connectivity index (χ0) is 18.6. The van der Waals surface area contributed by atoms with E-state index >= 15 is 0 Å². The third kappa shape index (κ3) is 4.13. The van der Waals surface area contributed by atoms with E-state index in [1.807, 2.05) is 22.6 Å². The number of carbonyl (C=O) groups excluding carboxylic acids is 1. The fraction of sp³-hybridized carbons (Fsp3) is 0.0588. The molecule has 0 atom stereocenters. The van der Waals surface area contributed by atoms with E-state index in [4.69, 9.17) is 4.74 Å². The van der Waals surface area contributed by atoms with Gasteiger partial charge in [0.05, 0.1) is 15.6 Å². The number of carbonyl (C=O) groups is 1. The second-order valence-corrected chi connectivity index (χ2v) is 6.02. The van der Waals surface area contributed by atoms with E-state index < -0.39 is 10.7 Å². The molecule has 0 aromatic heterocycles. The average molecular weight is 450 g/mol. The van der Waals surface area contributed by atoms with Gasteiger partial charge < -0.3 is 9.84 Å². The molecule has 1 N–H and O–H groups in total. The topological polar surface area (TPSA) is 113 Å². The number of methoxy groups -OCH3 is 1. The number of allylic oxidation sites excluding steroid dienone is 1. The van der Waals surface area contributed by atoms with Crippen molar-refractivity contribution in [1.29, 1.82) is 5.26 Å². The van der Waals surface area contributed by atoms with E-state index in [0.29, 0.717) is 9.13 Å². The zero-order valence-corrected chi connectivity index (χ0v) is 15.1. The molecule has 0 fully saturated rings. The Balaban J connectivity index is 2.46. The number of phenolic OH excluding ortho intramolecular Hbond substituents is 1. The molecule has 0 unspecified atom stereocenters. The predicted molar refractivity (Wildman–Crippen MR) is 98.4 cm³/mol. The molecule has 0 aliphatic rings. The Hall–Kier alpha value is -2.93. The normalized spacial score (nSPS) is 10.8. The van der Waals surface area contributed by atoms with Gasteiger partial charge in [-0.2, -0.15) is 5.26 Å². The van der Waals surface area contributed by atoms with Crippen LogP contribution in [0.15, 0.2) is 42.0 Å². The summed E-state index contributed by atoms with van der Waals surface area (Å²) >= 11 is 1.90. The number of non-ortho nitro benzene ring substituents is 1. The molecule has 126 valence electrons. The second kappa shape index (κ2) is 7.76. The van der Waals surface area contributed by atoms with Gasteiger partial charge in [0.25, 0.3) is 5.69 Å². The number of phenols is 1. The van der Waals surface area contributed by atoms with Crippen LogP contribution in [0.25, 0.3) is 6.08 Å². The Morgan fingerprint density at radius 2 is 2.12 bits per heavy atom. The zero-order valence-electron chi connectivity index (χ0n) is 12.9. The Kier molecular flexibility index (Phi) is 5.71. The number of nitriles is 1. The minimum atomic E-state index is -0.631. The van der Waals surface area contributed by atoms with Crippen LogP contribution in [0.4, 0.5) is 5.69 Å². The standard InChI is InChI=1S/C17H11IN2O5/c1-25-15-7-10(6-14(18)17(15)22)5-12(9-19)16(21)11-3-2-4-13(8-11)20(23)24/h2-8,22H,1H3. The van der Waals surface area contributed by atoms with Crippen molar-refractivity contribution in [3.8, 4) is 17.6 Å². The number of nitro benzene ring substituents is 1. The molecule has 0 spiro atoms. The number of hydrogen-bond acceptors (Lipinski definition) is 6. The van der Waals surface area contributed by atoms with Gasteiger partial charge in [0.15, 0.2) is 11.5 Å². The third-order valence-electron chi connectivity index (χ3n) is 3.27. The third-order valence-corrected chi connectivity index (χ3v) is 4.09. The van der Waals surface area contributed by atoms with E-state index in [9.17, 15) is 25.3 Å². The van der Waals surface area contributed by atoms with Crippen LogP contribution in [0.2, 0.25) is 0 Å². The van der Waals surface area contributed by atoms with Gasteiger partial charge in [0.1, 0.15) is 11.6 Å². The van der Waals surface area contributed by atoms with Gasteiger partial charge in [-0.25, -0.2) is 0 Å². The van der Waals surface area contributed by atoms with Gasteiger partial charge >= 0.3 is 0 Å². The Morgan fingerprint density at radius 1 is 1.40 bits per heavy atom. The predicted octanol–water partition coefficient (Wildman–Crippen LogP) is 3.70. The van der Waals surface area contributed by atoms with Crippen molar-refractivity contribution in [2.24, 2.45) is 0 Å². The Labute approximate surface area is 156 Å². The minimum absolute atomic E-state index is 0.0382. The number of ether oxygens (including phenoxy) is 1. The number of benzene rings is 2. The largest absolute Gasteiger partial charge is 0.504 e. The van der Waals surface area contributed by atoms with Crippen LogP contribution in [-0.4, -0.2) is 22.9 Å². The van der Waals surface area contributed by atoms with Crippen LogP contribution in [0.5, 0.6) is 11.5 Å². The number of rotatable bonds is 5. The number of ketones is 1. The Bertz CT molecular complexity index is 931. The van der Waals surface area contributed by atoms with Gasteiger partial charge in [-0.1, -0.05) is 12.1 Å². The summed E-state index contributed by atoms with van der Waals surface area (Å²) in [5.41, 5.74) is 0.102. The maximum Gasteiger partial charge on any atom is 0.270 e. The van der Waals surface area contributed by atoms with Gasteiger partial charge in [-0.05, 0) is 46.4 Å². The molecule has 0 aliphatic carbocycles. The minimum Gasteiger partial charge on any atom is -0.504 e. The highest BCUT2D eigenvalue weighted by atomic mass is 127. The van der Waals surface area contributed by atoms with Crippen LogP contribution < -0.4 is 4.74 Å². The number of hydrogen-bond donors (Lipinski definition) is 1. The molecule has 0 saturated heterocycles. The quantitative estimate of drug-likeness (QED) is 0.186. The van der Waals surface area contributed by atoms with Gasteiger partial charge in [0, 0.05) is 17.7 Å². The molecular weight excluding hydrogens is 439 g/mol. The number of halogens is 1. The number of aromatic hydroxyl groups is 1. The lowest BCUT2D eigenvalue weighted by atomic mass is 10.0. The molecule has 7 nitrogen and oxygen atoms in total. The summed E-state index contributed by atoms with van der Waals surface area (Å²) in [5.74, 6) is -0.463. The van der Waals surface area contributed by atoms with Crippen molar-refractivity contribution < 1.29 is 19.6 Å². The first-order valence-electron chi connectivity index (χ1n) is 6.84. The molecule has 0 amide bonds. The first-order chi connectivity index (χ1) is 11.9. The summed E-state index contributed by atoms with van der Waals surface area (Å²) in [4.78, 5) is 22.7. The van der Waals surface area contributed by atoms with E-state index in [0.717, 1.165) is 6.07 Å². The lowest BCUT2D eigenvalue weighted by molar-refractivity contribution is -0.384. The van der Waals surface area contributed by atoms with Crippen LogP contribution >= 0.6 is 22.6 Å². The maximum absolute atomic E-state index is 12.5. The first kappa shape index (κ1) is 18.4. The summed E-state index contributed by atoms with van der Waals surface area (Å²) in [6, 6.07) is 10.0. The molecule has 0 radical (unpaired) electrons. The molecule has 0 heterocycles. The van der Waals surface area contributed by atoms with Crippen molar-refractivity contribution in [1.82, 2.24) is 0 Å². The number of nitro groups is 1. The van der Waals surface area contributed by atoms with E-state index in [2.05, 4.69) is 0 Å². The van der Waals surface area contributed by atoms with Crippen LogP contribution in [0.1, 0.15) is 15.9 Å². The van der Waals surface area contributed by atoms with Crippen molar-refractivity contribution in [2.45, 2.75) is 0 Å². The highest BCUT2D eigenvalue weighted by Crippen LogP contribution is 2.33.